The Bertz CT molecular complexity index is 479. The van der Waals surface area contributed by atoms with E-state index in [2.05, 4.69) is 47.3 Å². The summed E-state index contributed by atoms with van der Waals surface area (Å²) in [5.41, 5.74) is 2.51. The van der Waals surface area contributed by atoms with E-state index in [1.54, 1.807) is 0 Å². The summed E-state index contributed by atoms with van der Waals surface area (Å²) in [4.78, 5) is 0. The van der Waals surface area contributed by atoms with Gasteiger partial charge < -0.3 is 15.0 Å². The molecule has 2 aromatic rings. The minimum Gasteiger partial charge on any atom is -0.395 e. The van der Waals surface area contributed by atoms with Gasteiger partial charge >= 0.3 is 0 Å². The van der Waals surface area contributed by atoms with Gasteiger partial charge in [0, 0.05) is 31.0 Å². The fraction of sp³-hybridized carbons (Fsp3) is 0.375. The minimum absolute atomic E-state index is 0.0996. The number of hydrogen-bond acceptors (Lipinski definition) is 2. The lowest BCUT2D eigenvalue weighted by Crippen LogP contribution is -2.34. The zero-order chi connectivity index (χ0) is 13.5. The molecule has 2 N–H and O–H groups in total. The van der Waals surface area contributed by atoms with Gasteiger partial charge in [-0.2, -0.15) is 0 Å². The van der Waals surface area contributed by atoms with Crippen molar-refractivity contribution in [2.75, 3.05) is 6.61 Å². The van der Waals surface area contributed by atoms with Crippen molar-refractivity contribution in [1.82, 2.24) is 9.88 Å². The molecule has 3 nitrogen and oxygen atoms in total. The van der Waals surface area contributed by atoms with Crippen LogP contribution in [0.3, 0.4) is 0 Å². The van der Waals surface area contributed by atoms with Crippen LogP contribution in [0.1, 0.15) is 18.2 Å². The van der Waals surface area contributed by atoms with E-state index in [1.165, 1.54) is 11.3 Å². The summed E-state index contributed by atoms with van der Waals surface area (Å²) in [6.45, 7) is 4.06. The Balaban J connectivity index is 1.89. The summed E-state index contributed by atoms with van der Waals surface area (Å²) >= 11 is 0. The highest BCUT2D eigenvalue weighted by Crippen LogP contribution is 2.05. The Labute approximate surface area is 114 Å². The van der Waals surface area contributed by atoms with Gasteiger partial charge in [0.15, 0.2) is 0 Å². The molecule has 3 heteroatoms. The molecule has 0 amide bonds. The molecule has 0 fully saturated rings. The summed E-state index contributed by atoms with van der Waals surface area (Å²) in [5.74, 6) is 0. The van der Waals surface area contributed by atoms with Crippen LogP contribution in [0.25, 0.3) is 0 Å². The van der Waals surface area contributed by atoms with Crippen LogP contribution in [0.15, 0.2) is 48.7 Å². The van der Waals surface area contributed by atoms with Crippen LogP contribution in [-0.2, 0) is 19.5 Å². The number of benzene rings is 1. The van der Waals surface area contributed by atoms with Crippen LogP contribution in [0.5, 0.6) is 0 Å². The van der Waals surface area contributed by atoms with Crippen molar-refractivity contribution in [3.8, 4) is 0 Å². The highest BCUT2D eigenvalue weighted by molar-refractivity contribution is 5.16. The molecule has 0 saturated carbocycles. The maximum atomic E-state index is 9.47. The molecule has 1 atom stereocenters. The van der Waals surface area contributed by atoms with Gasteiger partial charge in [-0.1, -0.05) is 30.3 Å². The van der Waals surface area contributed by atoms with E-state index in [9.17, 15) is 5.11 Å². The van der Waals surface area contributed by atoms with Gasteiger partial charge in [0.2, 0.25) is 0 Å². The minimum atomic E-state index is 0.0996. The molecule has 0 bridgehead atoms. The SMILES string of the molecule is CCn1cccc1CN[C@H](CO)Cc1ccccc1. The molecule has 19 heavy (non-hydrogen) atoms. The molecule has 2 rings (SSSR count). The molecule has 1 aromatic carbocycles. The first-order valence-electron chi connectivity index (χ1n) is 6.85. The lowest BCUT2D eigenvalue weighted by molar-refractivity contribution is 0.240. The average Bonchev–Trinajstić information content (AvgIpc) is 2.92. The predicted octanol–water partition coefficient (Wildman–Crippen LogP) is 2.20. The van der Waals surface area contributed by atoms with Crippen LogP contribution < -0.4 is 5.32 Å². The van der Waals surface area contributed by atoms with Gasteiger partial charge in [-0.25, -0.2) is 0 Å². The molecule has 1 aromatic heterocycles. The quantitative estimate of drug-likeness (QED) is 0.799. The van der Waals surface area contributed by atoms with Crippen molar-refractivity contribution in [1.29, 1.82) is 0 Å². The third-order valence-corrected chi connectivity index (χ3v) is 3.38. The maximum absolute atomic E-state index is 9.47. The molecule has 0 aliphatic carbocycles. The fourth-order valence-electron chi connectivity index (χ4n) is 2.27. The first kappa shape index (κ1) is 13.8. The van der Waals surface area contributed by atoms with Gasteiger partial charge in [0.05, 0.1) is 6.61 Å². The van der Waals surface area contributed by atoms with E-state index >= 15 is 0 Å². The molecule has 0 spiro atoms. The number of hydrogen-bond donors (Lipinski definition) is 2. The standard InChI is InChI=1S/C16H22N2O/c1-2-18-10-6-9-16(18)12-17-15(13-19)11-14-7-4-3-5-8-14/h3-10,15,17,19H,2,11-13H2,1H3/t15-/m0/s1. The second-order valence-corrected chi connectivity index (χ2v) is 4.74. The Morgan fingerprint density at radius 1 is 1.16 bits per heavy atom. The van der Waals surface area contributed by atoms with Gasteiger partial charge in [-0.15, -0.1) is 0 Å². The van der Waals surface area contributed by atoms with Crippen molar-refractivity contribution >= 4 is 0 Å². The highest BCUT2D eigenvalue weighted by atomic mass is 16.3. The Hall–Kier alpha value is -1.58. The molecule has 1 heterocycles. The Morgan fingerprint density at radius 3 is 2.63 bits per heavy atom. The summed E-state index contributed by atoms with van der Waals surface area (Å²) in [6, 6.07) is 14.6. The van der Waals surface area contributed by atoms with E-state index in [-0.39, 0.29) is 12.6 Å². The van der Waals surface area contributed by atoms with Crippen molar-refractivity contribution in [2.24, 2.45) is 0 Å². The molecule has 102 valence electrons. The van der Waals surface area contributed by atoms with E-state index in [4.69, 9.17) is 0 Å². The number of nitrogens with zero attached hydrogens (tertiary/aromatic N) is 1. The summed E-state index contributed by atoms with van der Waals surface area (Å²) in [5, 5.41) is 12.9. The third kappa shape index (κ3) is 3.94. The largest absolute Gasteiger partial charge is 0.395 e. The summed E-state index contributed by atoms with van der Waals surface area (Å²) < 4.78 is 2.21. The molecule has 0 aliphatic heterocycles. The number of rotatable bonds is 7. The van der Waals surface area contributed by atoms with E-state index in [0.29, 0.717) is 0 Å². The fourth-order valence-corrected chi connectivity index (χ4v) is 2.27. The van der Waals surface area contributed by atoms with Crippen molar-refractivity contribution in [3.05, 3.63) is 59.9 Å². The number of aromatic nitrogens is 1. The zero-order valence-electron chi connectivity index (χ0n) is 11.4. The molecule has 0 saturated heterocycles. The normalized spacial score (nSPS) is 12.5. The first-order chi connectivity index (χ1) is 9.33. The van der Waals surface area contributed by atoms with Crippen LogP contribution in [0.2, 0.25) is 0 Å². The third-order valence-electron chi connectivity index (χ3n) is 3.38. The average molecular weight is 258 g/mol. The number of aliphatic hydroxyl groups is 1. The van der Waals surface area contributed by atoms with Crippen molar-refractivity contribution in [3.63, 3.8) is 0 Å². The van der Waals surface area contributed by atoms with Crippen LogP contribution in [-0.4, -0.2) is 22.3 Å². The smallest absolute Gasteiger partial charge is 0.0588 e. The van der Waals surface area contributed by atoms with Gasteiger partial charge in [-0.05, 0) is 31.0 Å². The number of aliphatic hydroxyl groups excluding tert-OH is 1. The first-order valence-corrected chi connectivity index (χ1v) is 6.85. The molecule has 0 unspecified atom stereocenters. The second-order valence-electron chi connectivity index (χ2n) is 4.74. The number of aryl methyl sites for hydroxylation is 1. The zero-order valence-corrected chi connectivity index (χ0v) is 11.4. The van der Waals surface area contributed by atoms with Crippen LogP contribution >= 0.6 is 0 Å². The molecule has 0 radical (unpaired) electrons. The number of nitrogens with one attached hydrogen (secondary N) is 1. The van der Waals surface area contributed by atoms with Crippen LogP contribution in [0, 0.1) is 0 Å². The Morgan fingerprint density at radius 2 is 1.95 bits per heavy atom. The maximum Gasteiger partial charge on any atom is 0.0588 e. The Kier molecular flexibility index (Phi) is 5.19. The van der Waals surface area contributed by atoms with Gasteiger partial charge in [0.1, 0.15) is 0 Å². The lowest BCUT2D eigenvalue weighted by atomic mass is 10.1. The highest BCUT2D eigenvalue weighted by Gasteiger charge is 2.08. The molecule has 0 aliphatic rings. The predicted molar refractivity (Wildman–Crippen MR) is 78.0 cm³/mol. The van der Waals surface area contributed by atoms with Gasteiger partial charge in [-0.3, -0.25) is 0 Å². The topological polar surface area (TPSA) is 37.2 Å². The van der Waals surface area contributed by atoms with Crippen molar-refractivity contribution in [2.45, 2.75) is 32.5 Å². The van der Waals surface area contributed by atoms with Crippen molar-refractivity contribution < 1.29 is 5.11 Å². The van der Waals surface area contributed by atoms with Gasteiger partial charge in [0.25, 0.3) is 0 Å². The van der Waals surface area contributed by atoms with E-state index < -0.39 is 0 Å². The van der Waals surface area contributed by atoms with E-state index in [0.717, 1.165) is 19.5 Å². The second kappa shape index (κ2) is 7.12. The van der Waals surface area contributed by atoms with Crippen LogP contribution in [0.4, 0.5) is 0 Å². The van der Waals surface area contributed by atoms with E-state index in [1.807, 2.05) is 18.2 Å². The monoisotopic (exact) mass is 258 g/mol. The lowest BCUT2D eigenvalue weighted by Gasteiger charge is -2.17. The summed E-state index contributed by atoms with van der Waals surface area (Å²) in [6.07, 6.45) is 2.94. The molecular formula is C16H22N2O. The molecular weight excluding hydrogens is 236 g/mol. The summed E-state index contributed by atoms with van der Waals surface area (Å²) in [7, 11) is 0.